The van der Waals surface area contributed by atoms with E-state index in [1.165, 1.54) is 6.07 Å². The largest absolute Gasteiger partial charge is 0.573 e. The molecule has 3 nitrogen and oxygen atoms in total. The summed E-state index contributed by atoms with van der Waals surface area (Å²) < 4.78 is 44.9. The Morgan fingerprint density at radius 1 is 1.39 bits per heavy atom. The van der Waals surface area contributed by atoms with Crippen molar-refractivity contribution in [1.82, 2.24) is 0 Å². The fourth-order valence-corrected chi connectivity index (χ4v) is 1.42. The molecular weight excluding hydrogens is 273 g/mol. The Hall–Kier alpha value is -1.43. The number of rotatable bonds is 5. The molecule has 100 valence electrons. The fraction of sp³-hybridized carbons (Fsp3) is 0.364. The minimum atomic E-state index is -4.79. The predicted molar refractivity (Wildman–Crippen MR) is 59.3 cm³/mol. The van der Waals surface area contributed by atoms with Crippen molar-refractivity contribution in [2.45, 2.75) is 13.3 Å². The van der Waals surface area contributed by atoms with Gasteiger partial charge in [-0.2, -0.15) is 0 Å². The zero-order chi connectivity index (χ0) is 13.8. The van der Waals surface area contributed by atoms with Gasteiger partial charge in [0.05, 0.1) is 18.1 Å². The topological polar surface area (TPSA) is 35.5 Å². The van der Waals surface area contributed by atoms with Crippen LogP contribution in [0.1, 0.15) is 17.3 Å². The normalized spacial score (nSPS) is 11.2. The molecule has 0 saturated heterocycles. The van der Waals surface area contributed by atoms with Crippen LogP contribution in [-0.4, -0.2) is 24.6 Å². The number of hydrogen-bond acceptors (Lipinski definition) is 3. The first-order chi connectivity index (χ1) is 8.37. The van der Waals surface area contributed by atoms with Crippen molar-refractivity contribution < 1.29 is 27.4 Å². The van der Waals surface area contributed by atoms with E-state index in [4.69, 9.17) is 16.3 Å². The van der Waals surface area contributed by atoms with Crippen molar-refractivity contribution in [1.29, 1.82) is 0 Å². The molecule has 7 heteroatoms. The van der Waals surface area contributed by atoms with Gasteiger partial charge in [0.1, 0.15) is 11.5 Å². The van der Waals surface area contributed by atoms with Gasteiger partial charge in [-0.1, -0.05) is 0 Å². The van der Waals surface area contributed by atoms with Crippen LogP contribution in [0.4, 0.5) is 13.2 Å². The molecular formula is C11H10ClF3O3. The number of carbonyl (C=O) groups excluding carboxylic acids is 1. The molecule has 1 aromatic rings. The van der Waals surface area contributed by atoms with Crippen molar-refractivity contribution in [2.75, 3.05) is 12.5 Å². The molecule has 0 fully saturated rings. The molecule has 18 heavy (non-hydrogen) atoms. The SMILES string of the molecule is CCOc1cc(OC(F)(F)F)ccc1C(=O)CCl. The summed E-state index contributed by atoms with van der Waals surface area (Å²) in [5.41, 5.74) is 0.126. The monoisotopic (exact) mass is 282 g/mol. The van der Waals surface area contributed by atoms with E-state index >= 15 is 0 Å². The third-order valence-corrected chi connectivity index (χ3v) is 2.15. The quantitative estimate of drug-likeness (QED) is 0.613. The summed E-state index contributed by atoms with van der Waals surface area (Å²) >= 11 is 5.39. The number of ketones is 1. The van der Waals surface area contributed by atoms with E-state index in [9.17, 15) is 18.0 Å². The Labute approximate surface area is 106 Å². The summed E-state index contributed by atoms with van der Waals surface area (Å²) in [6, 6.07) is 3.24. The molecule has 0 spiro atoms. The van der Waals surface area contributed by atoms with Crippen molar-refractivity contribution in [3.8, 4) is 11.5 Å². The molecule has 0 saturated carbocycles. The molecule has 0 radical (unpaired) electrons. The van der Waals surface area contributed by atoms with E-state index in [1.54, 1.807) is 6.92 Å². The molecule has 0 amide bonds. The van der Waals surface area contributed by atoms with Crippen molar-refractivity contribution >= 4 is 17.4 Å². The van der Waals surface area contributed by atoms with Gasteiger partial charge in [-0.05, 0) is 19.1 Å². The first kappa shape index (κ1) is 14.6. The molecule has 0 aliphatic heterocycles. The smallest absolute Gasteiger partial charge is 0.493 e. The van der Waals surface area contributed by atoms with Crippen LogP contribution < -0.4 is 9.47 Å². The van der Waals surface area contributed by atoms with Crippen molar-refractivity contribution in [3.05, 3.63) is 23.8 Å². The Morgan fingerprint density at radius 2 is 2.06 bits per heavy atom. The second-order valence-electron chi connectivity index (χ2n) is 3.20. The van der Waals surface area contributed by atoms with Gasteiger partial charge >= 0.3 is 6.36 Å². The zero-order valence-electron chi connectivity index (χ0n) is 9.38. The third-order valence-electron chi connectivity index (χ3n) is 1.91. The van der Waals surface area contributed by atoms with Gasteiger partial charge in [-0.15, -0.1) is 24.8 Å². The van der Waals surface area contributed by atoms with Gasteiger partial charge in [0.2, 0.25) is 0 Å². The van der Waals surface area contributed by atoms with E-state index in [0.29, 0.717) is 0 Å². The number of halogens is 4. The van der Waals surface area contributed by atoms with Gasteiger partial charge in [-0.3, -0.25) is 4.79 Å². The van der Waals surface area contributed by atoms with Crippen LogP contribution in [0.2, 0.25) is 0 Å². The van der Waals surface area contributed by atoms with E-state index in [-0.39, 0.29) is 23.8 Å². The van der Waals surface area contributed by atoms with E-state index in [0.717, 1.165) is 12.1 Å². The molecule has 0 bridgehead atoms. The summed E-state index contributed by atoms with van der Waals surface area (Å²) in [6.45, 7) is 1.85. The lowest BCUT2D eigenvalue weighted by molar-refractivity contribution is -0.274. The number of ether oxygens (including phenoxy) is 2. The van der Waals surface area contributed by atoms with Crippen LogP contribution in [0.3, 0.4) is 0 Å². The predicted octanol–water partition coefficient (Wildman–Crippen LogP) is 3.41. The van der Waals surface area contributed by atoms with Gasteiger partial charge in [0.25, 0.3) is 0 Å². The Kier molecular flexibility index (Phi) is 4.84. The average molecular weight is 283 g/mol. The summed E-state index contributed by atoms with van der Waals surface area (Å²) in [5, 5.41) is 0. The Bertz CT molecular complexity index is 432. The van der Waals surface area contributed by atoms with Crippen LogP contribution >= 0.6 is 11.6 Å². The minimum absolute atomic E-state index is 0.0184. The van der Waals surface area contributed by atoms with Gasteiger partial charge < -0.3 is 9.47 Å². The molecule has 0 atom stereocenters. The molecule has 0 N–H and O–H groups in total. The van der Waals surface area contributed by atoms with Crippen molar-refractivity contribution in [3.63, 3.8) is 0 Å². The summed E-state index contributed by atoms with van der Waals surface area (Å²) in [6.07, 6.45) is -4.79. The summed E-state index contributed by atoms with van der Waals surface area (Å²) in [5.74, 6) is -1.14. The maximum Gasteiger partial charge on any atom is 0.573 e. The van der Waals surface area contributed by atoms with E-state index in [2.05, 4.69) is 4.74 Å². The molecule has 1 aromatic carbocycles. The number of hydrogen-bond donors (Lipinski definition) is 0. The number of carbonyl (C=O) groups is 1. The van der Waals surface area contributed by atoms with Gasteiger partial charge in [0.15, 0.2) is 5.78 Å². The van der Waals surface area contributed by atoms with Gasteiger partial charge in [0, 0.05) is 6.07 Å². The molecule has 1 rings (SSSR count). The first-order valence-electron chi connectivity index (χ1n) is 4.99. The third kappa shape index (κ3) is 4.10. The Balaban J connectivity index is 3.06. The van der Waals surface area contributed by atoms with E-state index < -0.39 is 17.9 Å². The highest BCUT2D eigenvalue weighted by atomic mass is 35.5. The second kappa shape index (κ2) is 5.95. The molecule has 0 aliphatic rings. The van der Waals surface area contributed by atoms with Crippen LogP contribution in [-0.2, 0) is 0 Å². The second-order valence-corrected chi connectivity index (χ2v) is 3.46. The Morgan fingerprint density at radius 3 is 2.56 bits per heavy atom. The lowest BCUT2D eigenvalue weighted by atomic mass is 10.1. The molecule has 0 heterocycles. The lowest BCUT2D eigenvalue weighted by Gasteiger charge is -2.12. The molecule has 0 unspecified atom stereocenters. The highest BCUT2D eigenvalue weighted by Crippen LogP contribution is 2.29. The fourth-order valence-electron chi connectivity index (χ4n) is 1.28. The molecule has 0 aromatic heterocycles. The summed E-state index contributed by atoms with van der Waals surface area (Å²) in [7, 11) is 0. The van der Waals surface area contributed by atoms with Gasteiger partial charge in [-0.25, -0.2) is 0 Å². The van der Waals surface area contributed by atoms with Crippen LogP contribution in [0.25, 0.3) is 0 Å². The number of benzene rings is 1. The zero-order valence-corrected chi connectivity index (χ0v) is 10.1. The average Bonchev–Trinajstić information content (AvgIpc) is 2.27. The maximum atomic E-state index is 12.0. The highest BCUT2D eigenvalue weighted by Gasteiger charge is 2.31. The first-order valence-corrected chi connectivity index (χ1v) is 5.52. The molecule has 0 aliphatic carbocycles. The number of Topliss-reactive ketones (excluding diaryl/α,β-unsaturated/α-hetero) is 1. The standard InChI is InChI=1S/C11H10ClF3O3/c1-2-17-10-5-7(18-11(13,14)15)3-4-8(10)9(16)6-12/h3-5H,2,6H2,1H3. The van der Waals surface area contributed by atoms with E-state index in [1.807, 2.05) is 0 Å². The highest BCUT2D eigenvalue weighted by molar-refractivity contribution is 6.30. The van der Waals surface area contributed by atoms with Crippen LogP contribution in [0, 0.1) is 0 Å². The maximum absolute atomic E-state index is 12.0. The lowest BCUT2D eigenvalue weighted by Crippen LogP contribution is -2.17. The summed E-state index contributed by atoms with van der Waals surface area (Å²) in [4.78, 5) is 11.4. The number of alkyl halides is 4. The van der Waals surface area contributed by atoms with Crippen LogP contribution in [0.5, 0.6) is 11.5 Å². The van der Waals surface area contributed by atoms with Crippen LogP contribution in [0.15, 0.2) is 18.2 Å². The van der Waals surface area contributed by atoms with Crippen molar-refractivity contribution in [2.24, 2.45) is 0 Å². The minimum Gasteiger partial charge on any atom is -0.493 e.